The number of fused-ring (bicyclic) bond motifs is 1. The predicted molar refractivity (Wildman–Crippen MR) is 77.9 cm³/mol. The van der Waals surface area contributed by atoms with Gasteiger partial charge >= 0.3 is 0 Å². The van der Waals surface area contributed by atoms with E-state index in [0.717, 1.165) is 6.54 Å². The van der Waals surface area contributed by atoms with E-state index in [2.05, 4.69) is 29.2 Å². The number of hydrogen-bond acceptors (Lipinski definition) is 3. The van der Waals surface area contributed by atoms with E-state index in [1.807, 2.05) is 11.8 Å². The lowest BCUT2D eigenvalue weighted by atomic mass is 9.94. The summed E-state index contributed by atoms with van der Waals surface area (Å²) >= 11 is 2.01. The minimum atomic E-state index is 0.597. The number of benzene rings is 1. The molecule has 0 aliphatic carbocycles. The molecule has 0 amide bonds. The van der Waals surface area contributed by atoms with Gasteiger partial charge in [-0.15, -0.1) is 11.8 Å². The number of piperidine rings is 1. The van der Waals surface area contributed by atoms with Gasteiger partial charge in [-0.1, -0.05) is 24.6 Å². The molecular weight excluding hydrogens is 240 g/mol. The molecule has 0 spiro atoms. The van der Waals surface area contributed by atoms with Crippen LogP contribution in [0.5, 0.6) is 0 Å². The summed E-state index contributed by atoms with van der Waals surface area (Å²) in [5, 5.41) is 0. The maximum atomic E-state index is 5.97. The number of hydrogen-bond donors (Lipinski definition) is 1. The molecule has 2 aliphatic rings. The van der Waals surface area contributed by atoms with Crippen LogP contribution < -0.4 is 5.73 Å². The van der Waals surface area contributed by atoms with Crippen molar-refractivity contribution in [3.05, 3.63) is 29.8 Å². The Bertz CT molecular complexity index is 407. The number of rotatable bonds is 2. The predicted octanol–water partition coefficient (Wildman–Crippen LogP) is 3.04. The fourth-order valence-corrected chi connectivity index (χ4v) is 4.46. The standard InChI is InChI=1S/C15H22N2S/c16-11-12-5-3-4-9-17(12)14-8-10-18-15-7-2-1-6-13(14)15/h1-2,6-7,12,14H,3-5,8-11,16H2. The smallest absolute Gasteiger partial charge is 0.0370 e. The molecule has 1 fully saturated rings. The molecule has 1 saturated heterocycles. The molecule has 0 bridgehead atoms. The molecule has 3 rings (SSSR count). The van der Waals surface area contributed by atoms with Gasteiger partial charge in [-0.3, -0.25) is 4.90 Å². The Kier molecular flexibility index (Phi) is 3.92. The summed E-state index contributed by atoms with van der Waals surface area (Å²) in [6, 6.07) is 10.1. The monoisotopic (exact) mass is 262 g/mol. The van der Waals surface area contributed by atoms with Gasteiger partial charge in [0.1, 0.15) is 0 Å². The Balaban J connectivity index is 1.88. The minimum Gasteiger partial charge on any atom is -0.329 e. The van der Waals surface area contributed by atoms with Gasteiger partial charge in [0.2, 0.25) is 0 Å². The highest BCUT2D eigenvalue weighted by molar-refractivity contribution is 7.99. The van der Waals surface area contributed by atoms with Crippen LogP contribution in [0.15, 0.2) is 29.2 Å². The van der Waals surface area contributed by atoms with Crippen LogP contribution in [-0.4, -0.2) is 29.8 Å². The van der Waals surface area contributed by atoms with Crippen LogP contribution in [0.25, 0.3) is 0 Å². The van der Waals surface area contributed by atoms with E-state index in [0.29, 0.717) is 12.1 Å². The lowest BCUT2D eigenvalue weighted by Gasteiger charge is -2.43. The van der Waals surface area contributed by atoms with E-state index in [4.69, 9.17) is 5.73 Å². The van der Waals surface area contributed by atoms with Crippen LogP contribution in [0.1, 0.15) is 37.3 Å². The second-order valence-corrected chi connectivity index (χ2v) is 6.45. The average molecular weight is 262 g/mol. The molecule has 2 N–H and O–H groups in total. The van der Waals surface area contributed by atoms with Crippen LogP contribution >= 0.6 is 11.8 Å². The van der Waals surface area contributed by atoms with Crippen LogP contribution in [0.3, 0.4) is 0 Å². The molecule has 2 nitrogen and oxygen atoms in total. The Hall–Kier alpha value is -0.510. The lowest BCUT2D eigenvalue weighted by molar-refractivity contribution is 0.0943. The van der Waals surface area contributed by atoms with E-state index in [9.17, 15) is 0 Å². The van der Waals surface area contributed by atoms with Gasteiger partial charge in [-0.05, 0) is 43.2 Å². The number of nitrogens with zero attached hydrogens (tertiary/aromatic N) is 1. The average Bonchev–Trinajstić information content (AvgIpc) is 2.46. The quantitative estimate of drug-likeness (QED) is 0.888. The molecule has 1 aromatic rings. The van der Waals surface area contributed by atoms with Crippen LogP contribution in [-0.2, 0) is 0 Å². The molecule has 0 aromatic heterocycles. The van der Waals surface area contributed by atoms with Crippen molar-refractivity contribution < 1.29 is 0 Å². The highest BCUT2D eigenvalue weighted by Crippen LogP contribution is 2.41. The zero-order valence-corrected chi connectivity index (χ0v) is 11.7. The van der Waals surface area contributed by atoms with Crippen molar-refractivity contribution >= 4 is 11.8 Å². The SMILES string of the molecule is NCC1CCCCN1C1CCSc2ccccc21. The summed E-state index contributed by atoms with van der Waals surface area (Å²) in [6.45, 7) is 2.04. The Morgan fingerprint density at radius 3 is 3.00 bits per heavy atom. The first-order valence-electron chi connectivity index (χ1n) is 7.07. The third-order valence-electron chi connectivity index (χ3n) is 4.27. The van der Waals surface area contributed by atoms with Gasteiger partial charge in [0.15, 0.2) is 0 Å². The summed E-state index contributed by atoms with van der Waals surface area (Å²) in [5.41, 5.74) is 7.51. The van der Waals surface area contributed by atoms with Crippen molar-refractivity contribution in [3.8, 4) is 0 Å². The molecule has 1 aromatic carbocycles. The van der Waals surface area contributed by atoms with E-state index < -0.39 is 0 Å². The molecule has 98 valence electrons. The molecule has 2 atom stereocenters. The fraction of sp³-hybridized carbons (Fsp3) is 0.600. The molecule has 2 heterocycles. The van der Waals surface area contributed by atoms with E-state index in [-0.39, 0.29) is 0 Å². The van der Waals surface area contributed by atoms with Crippen LogP contribution in [0.4, 0.5) is 0 Å². The van der Waals surface area contributed by atoms with Crippen LogP contribution in [0.2, 0.25) is 0 Å². The van der Waals surface area contributed by atoms with Gasteiger partial charge in [-0.2, -0.15) is 0 Å². The topological polar surface area (TPSA) is 29.3 Å². The minimum absolute atomic E-state index is 0.597. The van der Waals surface area contributed by atoms with E-state index in [1.54, 1.807) is 0 Å². The van der Waals surface area contributed by atoms with Gasteiger partial charge in [0, 0.05) is 23.5 Å². The summed E-state index contributed by atoms with van der Waals surface area (Å²) in [4.78, 5) is 4.16. The molecule has 2 aliphatic heterocycles. The summed E-state index contributed by atoms with van der Waals surface area (Å²) < 4.78 is 0. The molecule has 0 radical (unpaired) electrons. The third kappa shape index (κ3) is 2.31. The number of nitrogens with two attached hydrogens (primary N) is 1. The Morgan fingerprint density at radius 2 is 2.11 bits per heavy atom. The van der Waals surface area contributed by atoms with Gasteiger partial charge in [0.05, 0.1) is 0 Å². The Labute approximate surface area is 114 Å². The van der Waals surface area contributed by atoms with Gasteiger partial charge in [0.25, 0.3) is 0 Å². The summed E-state index contributed by atoms with van der Waals surface area (Å²) in [5.74, 6) is 1.25. The van der Waals surface area contributed by atoms with E-state index in [1.165, 1.54) is 48.4 Å². The third-order valence-corrected chi connectivity index (χ3v) is 5.39. The van der Waals surface area contributed by atoms with Crippen molar-refractivity contribution in [1.29, 1.82) is 0 Å². The largest absolute Gasteiger partial charge is 0.329 e. The number of likely N-dealkylation sites (tertiary alicyclic amines) is 1. The van der Waals surface area contributed by atoms with Crippen molar-refractivity contribution in [2.75, 3.05) is 18.8 Å². The van der Waals surface area contributed by atoms with Crippen LogP contribution in [0, 0.1) is 0 Å². The first kappa shape index (κ1) is 12.5. The van der Waals surface area contributed by atoms with Crippen molar-refractivity contribution in [3.63, 3.8) is 0 Å². The number of thioether (sulfide) groups is 1. The van der Waals surface area contributed by atoms with Crippen molar-refractivity contribution in [1.82, 2.24) is 4.90 Å². The molecule has 0 saturated carbocycles. The summed E-state index contributed by atoms with van der Waals surface area (Å²) in [6.07, 6.45) is 5.24. The first-order chi connectivity index (χ1) is 8.90. The first-order valence-corrected chi connectivity index (χ1v) is 8.06. The van der Waals surface area contributed by atoms with Gasteiger partial charge < -0.3 is 5.73 Å². The second kappa shape index (κ2) is 5.64. The second-order valence-electron chi connectivity index (χ2n) is 5.31. The molecular formula is C15H22N2S. The molecule has 3 heteroatoms. The lowest BCUT2D eigenvalue weighted by Crippen LogP contribution is -2.46. The molecule has 18 heavy (non-hydrogen) atoms. The molecule has 2 unspecified atom stereocenters. The zero-order chi connectivity index (χ0) is 12.4. The van der Waals surface area contributed by atoms with Crippen molar-refractivity contribution in [2.45, 2.75) is 42.7 Å². The zero-order valence-electron chi connectivity index (χ0n) is 10.8. The Morgan fingerprint density at radius 1 is 1.22 bits per heavy atom. The van der Waals surface area contributed by atoms with Crippen molar-refractivity contribution in [2.24, 2.45) is 5.73 Å². The highest BCUT2D eigenvalue weighted by atomic mass is 32.2. The maximum Gasteiger partial charge on any atom is 0.0370 e. The van der Waals surface area contributed by atoms with E-state index >= 15 is 0 Å². The maximum absolute atomic E-state index is 5.97. The normalized spacial score (nSPS) is 28.9. The van der Waals surface area contributed by atoms with Gasteiger partial charge in [-0.25, -0.2) is 0 Å². The highest BCUT2D eigenvalue weighted by Gasteiger charge is 2.31. The fourth-order valence-electron chi connectivity index (χ4n) is 3.35. The summed E-state index contributed by atoms with van der Waals surface area (Å²) in [7, 11) is 0.